The topological polar surface area (TPSA) is 54.5 Å². The Kier molecular flexibility index (Phi) is 4.35. The summed E-state index contributed by atoms with van der Waals surface area (Å²) in [4.78, 5) is 14.1. The van der Waals surface area contributed by atoms with Crippen LogP contribution in [0.3, 0.4) is 0 Å². The number of Topliss-reactive ketones (excluding diaryl/α,β-unsaturated/α-hetero) is 1. The summed E-state index contributed by atoms with van der Waals surface area (Å²) < 4.78 is 40.2. The monoisotopic (exact) mass is 393 g/mol. The molecular weight excluding hydrogens is 377 g/mol. The van der Waals surface area contributed by atoms with E-state index in [1.165, 1.54) is 17.2 Å². The van der Waals surface area contributed by atoms with Crippen LogP contribution in [0.25, 0.3) is 0 Å². The number of para-hydroxylation sites is 1. The molecule has 0 fully saturated rings. The van der Waals surface area contributed by atoms with Gasteiger partial charge in [0.1, 0.15) is 10.7 Å². The van der Waals surface area contributed by atoms with Gasteiger partial charge in [-0.2, -0.15) is 0 Å². The Morgan fingerprint density at radius 2 is 1.61 bits per heavy atom. The number of hydrogen-bond donors (Lipinski definition) is 0. The predicted octanol–water partition coefficient (Wildman–Crippen LogP) is 4.78. The van der Waals surface area contributed by atoms with Crippen molar-refractivity contribution in [2.45, 2.75) is 11.8 Å². The van der Waals surface area contributed by atoms with Crippen LogP contribution in [0, 0.1) is 12.7 Å². The van der Waals surface area contributed by atoms with Crippen LogP contribution in [-0.4, -0.2) is 14.2 Å². The number of carbonyl (C=O) groups excluding carboxylic acids is 1. The molecule has 3 aromatic carbocycles. The van der Waals surface area contributed by atoms with Gasteiger partial charge in [-0.25, -0.2) is 12.8 Å². The Balaban J connectivity index is 1.93. The van der Waals surface area contributed by atoms with Gasteiger partial charge < -0.3 is 4.90 Å². The highest BCUT2D eigenvalue weighted by molar-refractivity contribution is 7.96. The average Bonchev–Trinajstić information content (AvgIpc) is 2.68. The lowest BCUT2D eigenvalue weighted by molar-refractivity contribution is 0.104. The van der Waals surface area contributed by atoms with Crippen molar-refractivity contribution in [1.29, 1.82) is 0 Å². The highest BCUT2D eigenvalue weighted by Gasteiger charge is 2.36. The van der Waals surface area contributed by atoms with Gasteiger partial charge in [-0.15, -0.1) is 0 Å². The van der Waals surface area contributed by atoms with Crippen molar-refractivity contribution in [1.82, 2.24) is 0 Å². The molecule has 1 aliphatic rings. The Morgan fingerprint density at radius 3 is 2.29 bits per heavy atom. The van der Waals surface area contributed by atoms with Crippen molar-refractivity contribution >= 4 is 27.0 Å². The summed E-state index contributed by atoms with van der Waals surface area (Å²) in [5.41, 5.74) is 2.04. The summed E-state index contributed by atoms with van der Waals surface area (Å²) in [5, 5.41) is 0. The second kappa shape index (κ2) is 6.73. The Hall–Kier alpha value is -3.25. The molecule has 0 unspecified atom stereocenters. The molecule has 3 aromatic rings. The number of fused-ring (bicyclic) bond motifs is 1. The number of carbonyl (C=O) groups is 1. The normalized spacial score (nSPS) is 14.9. The number of sulfone groups is 1. The third kappa shape index (κ3) is 3.01. The maximum atomic E-state index is 13.9. The lowest BCUT2D eigenvalue weighted by Crippen LogP contribution is -2.26. The fraction of sp³-hybridized carbons (Fsp3) is 0.0455. The molecule has 0 radical (unpaired) electrons. The van der Waals surface area contributed by atoms with Gasteiger partial charge in [0.15, 0.2) is 0 Å². The maximum absolute atomic E-state index is 13.9. The largest absolute Gasteiger partial charge is 0.314 e. The number of halogens is 1. The molecule has 1 aliphatic heterocycles. The number of allylic oxidation sites excluding steroid dienone is 1. The summed E-state index contributed by atoms with van der Waals surface area (Å²) >= 11 is 0. The lowest BCUT2D eigenvalue weighted by Gasteiger charge is -2.28. The van der Waals surface area contributed by atoms with Gasteiger partial charge >= 0.3 is 0 Å². The SMILES string of the molecule is Cc1ccc(C(=O)C2=CN(c3ccccc3)c3cc(F)ccc3S2(=O)=O)cc1. The molecular formula is C22H16FNO3S. The molecule has 140 valence electrons. The molecule has 0 amide bonds. The molecule has 0 spiro atoms. The minimum absolute atomic E-state index is 0.101. The van der Waals surface area contributed by atoms with Crippen LogP contribution < -0.4 is 4.90 Å². The van der Waals surface area contributed by atoms with Gasteiger partial charge in [-0.1, -0.05) is 48.0 Å². The van der Waals surface area contributed by atoms with Crippen LogP contribution in [0.4, 0.5) is 15.8 Å². The first-order valence-corrected chi connectivity index (χ1v) is 10.1. The molecule has 0 saturated heterocycles. The number of ketones is 1. The zero-order chi connectivity index (χ0) is 19.9. The van der Waals surface area contributed by atoms with Gasteiger partial charge in [0.2, 0.25) is 15.6 Å². The molecule has 0 N–H and O–H groups in total. The molecule has 6 heteroatoms. The average molecular weight is 393 g/mol. The summed E-state index contributed by atoms with van der Waals surface area (Å²) in [5.74, 6) is -1.16. The maximum Gasteiger partial charge on any atom is 0.214 e. The van der Waals surface area contributed by atoms with Crippen LogP contribution in [0.1, 0.15) is 15.9 Å². The molecule has 0 saturated carbocycles. The van der Waals surface area contributed by atoms with Crippen LogP contribution in [-0.2, 0) is 9.84 Å². The van der Waals surface area contributed by atoms with Crippen LogP contribution in [0.15, 0.2) is 88.8 Å². The number of benzene rings is 3. The van der Waals surface area contributed by atoms with E-state index in [-0.39, 0.29) is 21.1 Å². The van der Waals surface area contributed by atoms with Gasteiger partial charge in [0.25, 0.3) is 0 Å². The Bertz CT molecular complexity index is 1200. The first-order valence-electron chi connectivity index (χ1n) is 8.60. The van der Waals surface area contributed by atoms with E-state index in [1.54, 1.807) is 48.5 Å². The number of aryl methyl sites for hydroxylation is 1. The van der Waals surface area contributed by atoms with Crippen molar-refractivity contribution in [3.05, 3.63) is 101 Å². The van der Waals surface area contributed by atoms with E-state index in [4.69, 9.17) is 0 Å². The quantitative estimate of drug-likeness (QED) is 0.475. The molecule has 0 aromatic heterocycles. The summed E-state index contributed by atoms with van der Waals surface area (Å²) in [6, 6.07) is 19.0. The molecule has 0 aliphatic carbocycles. The van der Waals surface area contributed by atoms with Crippen molar-refractivity contribution in [2.24, 2.45) is 0 Å². The van der Waals surface area contributed by atoms with Crippen LogP contribution >= 0.6 is 0 Å². The van der Waals surface area contributed by atoms with E-state index < -0.39 is 21.4 Å². The van der Waals surface area contributed by atoms with Crippen molar-refractivity contribution in [3.63, 3.8) is 0 Å². The van der Waals surface area contributed by atoms with E-state index in [9.17, 15) is 17.6 Å². The zero-order valence-corrected chi connectivity index (χ0v) is 15.8. The molecule has 4 rings (SSSR count). The third-order valence-corrected chi connectivity index (χ3v) is 6.37. The first kappa shape index (κ1) is 18.1. The van der Waals surface area contributed by atoms with Crippen LogP contribution in [0.5, 0.6) is 0 Å². The lowest BCUT2D eigenvalue weighted by atomic mass is 10.1. The number of rotatable bonds is 3. The van der Waals surface area contributed by atoms with Gasteiger partial charge in [0, 0.05) is 17.5 Å². The van der Waals surface area contributed by atoms with Crippen molar-refractivity contribution in [3.8, 4) is 0 Å². The molecule has 4 nitrogen and oxygen atoms in total. The van der Waals surface area contributed by atoms with Crippen LogP contribution in [0.2, 0.25) is 0 Å². The van der Waals surface area contributed by atoms with Gasteiger partial charge in [0.05, 0.1) is 10.6 Å². The Labute approximate surface area is 162 Å². The zero-order valence-electron chi connectivity index (χ0n) is 15.0. The molecule has 1 heterocycles. The highest BCUT2D eigenvalue weighted by atomic mass is 32.2. The molecule has 28 heavy (non-hydrogen) atoms. The summed E-state index contributed by atoms with van der Waals surface area (Å²) in [7, 11) is -4.09. The van der Waals surface area contributed by atoms with Gasteiger partial charge in [-0.3, -0.25) is 4.79 Å². The molecule has 0 atom stereocenters. The first-order chi connectivity index (χ1) is 13.4. The van der Waals surface area contributed by atoms with E-state index in [0.717, 1.165) is 17.7 Å². The minimum Gasteiger partial charge on any atom is -0.314 e. The predicted molar refractivity (Wildman–Crippen MR) is 106 cm³/mol. The Morgan fingerprint density at radius 1 is 0.929 bits per heavy atom. The summed E-state index contributed by atoms with van der Waals surface area (Å²) in [6.45, 7) is 1.88. The highest BCUT2D eigenvalue weighted by Crippen LogP contribution is 2.40. The smallest absolute Gasteiger partial charge is 0.214 e. The molecule has 0 bridgehead atoms. The second-order valence-corrected chi connectivity index (χ2v) is 8.40. The van der Waals surface area contributed by atoms with Crippen molar-refractivity contribution in [2.75, 3.05) is 4.90 Å². The van der Waals surface area contributed by atoms with E-state index in [0.29, 0.717) is 5.69 Å². The van der Waals surface area contributed by atoms with E-state index in [1.807, 2.05) is 13.0 Å². The van der Waals surface area contributed by atoms with Gasteiger partial charge in [-0.05, 0) is 37.3 Å². The van der Waals surface area contributed by atoms with Crippen molar-refractivity contribution < 1.29 is 17.6 Å². The number of hydrogen-bond acceptors (Lipinski definition) is 4. The number of nitrogens with zero attached hydrogens (tertiary/aromatic N) is 1. The fourth-order valence-electron chi connectivity index (χ4n) is 3.11. The third-order valence-electron chi connectivity index (χ3n) is 4.58. The summed E-state index contributed by atoms with van der Waals surface area (Å²) in [6.07, 6.45) is 1.27. The number of anilines is 2. The fourth-order valence-corrected chi connectivity index (χ4v) is 4.63. The van der Waals surface area contributed by atoms with E-state index in [2.05, 4.69) is 0 Å². The van der Waals surface area contributed by atoms with E-state index >= 15 is 0 Å². The standard InChI is InChI=1S/C22H16FNO3S/c1-15-7-9-16(10-8-15)22(25)21-14-24(18-5-3-2-4-6-18)19-13-17(23)11-12-20(19)28(21,26)27/h2-14H,1H3. The minimum atomic E-state index is -4.09. The second-order valence-electron chi connectivity index (χ2n) is 6.51.